The summed E-state index contributed by atoms with van der Waals surface area (Å²) in [7, 11) is 0. The van der Waals surface area contributed by atoms with E-state index in [1.807, 2.05) is 0 Å². The van der Waals surface area contributed by atoms with E-state index in [-0.39, 0.29) is 18.6 Å². The molecule has 4 amide bonds. The van der Waals surface area contributed by atoms with Gasteiger partial charge < -0.3 is 25.4 Å². The molecule has 37 heavy (non-hydrogen) atoms. The van der Waals surface area contributed by atoms with E-state index in [2.05, 4.69) is 16.1 Å². The molecule has 208 valence electrons. The number of rotatable bonds is 10. The van der Waals surface area contributed by atoms with E-state index in [9.17, 15) is 33.9 Å². The molecule has 0 bridgehead atoms. The Kier molecular flexibility index (Phi) is 10.6. The predicted octanol–water partition coefficient (Wildman–Crippen LogP) is -1.22. The fraction of sp³-hybridized carbons (Fsp3) is 0.750. The van der Waals surface area contributed by atoms with Gasteiger partial charge in [-0.1, -0.05) is 0 Å². The number of carbonyl (C=O) groups is 6. The highest BCUT2D eigenvalue weighted by molar-refractivity contribution is 6.09. The Morgan fingerprint density at radius 2 is 1.78 bits per heavy atom. The molecule has 2 saturated heterocycles. The second kappa shape index (κ2) is 13.0. The summed E-state index contributed by atoms with van der Waals surface area (Å²) in [5, 5.41) is 17.3. The van der Waals surface area contributed by atoms with Crippen molar-refractivity contribution in [1.82, 2.24) is 26.0 Å². The highest BCUT2D eigenvalue weighted by Crippen LogP contribution is 2.21. The van der Waals surface area contributed by atoms with Gasteiger partial charge in [0.1, 0.15) is 12.1 Å². The number of aliphatic hydroxyl groups is 1. The van der Waals surface area contributed by atoms with Gasteiger partial charge in [0.25, 0.3) is 5.91 Å². The summed E-state index contributed by atoms with van der Waals surface area (Å²) in [4.78, 5) is 77.2. The van der Waals surface area contributed by atoms with Crippen molar-refractivity contribution in [2.45, 2.75) is 96.5 Å². The first-order valence-electron chi connectivity index (χ1n) is 12.7. The lowest BCUT2D eigenvalue weighted by atomic mass is 9.94. The van der Waals surface area contributed by atoms with E-state index in [0.717, 1.165) is 24.9 Å². The van der Waals surface area contributed by atoms with Crippen LogP contribution in [0.3, 0.4) is 0 Å². The Balaban J connectivity index is 2.08. The Labute approximate surface area is 216 Å². The number of hydrogen-bond acceptors (Lipinski definition) is 9. The Bertz CT molecular complexity index is 904. The number of Topliss-reactive ketones (excluding diaryl/α,β-unsaturated/α-hetero) is 1. The Morgan fingerprint density at radius 1 is 1.11 bits per heavy atom. The molecule has 1 unspecified atom stereocenters. The number of hydrogen-bond donors (Lipinski definition) is 4. The van der Waals surface area contributed by atoms with Crippen molar-refractivity contribution in [3.8, 4) is 0 Å². The van der Waals surface area contributed by atoms with Gasteiger partial charge in [-0.05, 0) is 66.8 Å². The third kappa shape index (κ3) is 7.25. The van der Waals surface area contributed by atoms with Crippen LogP contribution in [0.2, 0.25) is 0 Å². The van der Waals surface area contributed by atoms with Crippen molar-refractivity contribution in [2.75, 3.05) is 19.7 Å². The maximum Gasteiger partial charge on any atom is 0.346 e. The SMILES string of the molecule is CCOC(=O)C(O)(CC(=O)N(NC(=O)[C@@H]1CCCN1C(=O)[C@H](C)NC(=O)[C@@H]1CCCN1)C(C)C)C(C)=O. The summed E-state index contributed by atoms with van der Waals surface area (Å²) in [5.74, 6) is -4.41. The number of ketones is 1. The van der Waals surface area contributed by atoms with Gasteiger partial charge in [-0.15, -0.1) is 0 Å². The van der Waals surface area contributed by atoms with Crippen LogP contribution in [-0.4, -0.2) is 99.9 Å². The van der Waals surface area contributed by atoms with Crippen LogP contribution >= 0.6 is 0 Å². The molecule has 13 nitrogen and oxygen atoms in total. The first-order valence-corrected chi connectivity index (χ1v) is 12.7. The smallest absolute Gasteiger partial charge is 0.346 e. The number of ether oxygens (including phenoxy) is 1. The van der Waals surface area contributed by atoms with Crippen molar-refractivity contribution in [3.05, 3.63) is 0 Å². The lowest BCUT2D eigenvalue weighted by Crippen LogP contribution is -2.59. The summed E-state index contributed by atoms with van der Waals surface area (Å²) < 4.78 is 4.75. The summed E-state index contributed by atoms with van der Waals surface area (Å²) in [6.07, 6.45) is 1.55. The Morgan fingerprint density at radius 3 is 2.32 bits per heavy atom. The fourth-order valence-electron chi connectivity index (χ4n) is 4.40. The number of likely N-dealkylation sites (tertiary alicyclic amines) is 1. The van der Waals surface area contributed by atoms with Crippen LogP contribution in [-0.2, 0) is 33.5 Å². The third-order valence-electron chi connectivity index (χ3n) is 6.56. The number of hydrazine groups is 1. The minimum absolute atomic E-state index is 0.102. The van der Waals surface area contributed by atoms with Gasteiger partial charge in [-0.2, -0.15) is 0 Å². The van der Waals surface area contributed by atoms with Crippen molar-refractivity contribution in [1.29, 1.82) is 0 Å². The quantitative estimate of drug-likeness (QED) is 0.155. The van der Waals surface area contributed by atoms with Gasteiger partial charge in [0.05, 0.1) is 19.1 Å². The zero-order valence-corrected chi connectivity index (χ0v) is 22.2. The van der Waals surface area contributed by atoms with Gasteiger partial charge in [0.2, 0.25) is 23.3 Å². The molecule has 0 spiro atoms. The van der Waals surface area contributed by atoms with E-state index in [4.69, 9.17) is 4.74 Å². The Hall–Kier alpha value is -3.06. The summed E-state index contributed by atoms with van der Waals surface area (Å²) in [6.45, 7) is 8.16. The van der Waals surface area contributed by atoms with E-state index in [1.165, 1.54) is 11.8 Å². The molecule has 2 aliphatic heterocycles. The van der Waals surface area contributed by atoms with E-state index in [0.29, 0.717) is 25.8 Å². The second-order valence-corrected chi connectivity index (χ2v) is 9.72. The topological polar surface area (TPSA) is 174 Å². The van der Waals surface area contributed by atoms with Crippen LogP contribution in [0.4, 0.5) is 0 Å². The molecule has 4 N–H and O–H groups in total. The number of nitrogens with zero attached hydrogens (tertiary/aromatic N) is 2. The maximum absolute atomic E-state index is 13.2. The molecule has 0 aromatic rings. The van der Waals surface area contributed by atoms with Crippen LogP contribution in [0.25, 0.3) is 0 Å². The van der Waals surface area contributed by atoms with Gasteiger partial charge in [-0.25, -0.2) is 4.79 Å². The molecular weight excluding hydrogens is 486 g/mol. The molecule has 2 rings (SSSR count). The molecule has 2 heterocycles. The van der Waals surface area contributed by atoms with Crippen molar-refractivity contribution >= 4 is 35.4 Å². The van der Waals surface area contributed by atoms with E-state index in [1.54, 1.807) is 20.8 Å². The first kappa shape index (κ1) is 30.2. The molecule has 4 atom stereocenters. The number of amides is 4. The summed E-state index contributed by atoms with van der Waals surface area (Å²) >= 11 is 0. The zero-order valence-electron chi connectivity index (χ0n) is 22.2. The standard InChI is InChI=1S/C24H39N5O8/c1-6-37-23(35)24(36,16(5)30)13-19(31)29(14(2)3)27-21(33)18-10-8-12-28(18)22(34)15(4)26-20(32)17-9-7-11-25-17/h14-15,17-18,25,36H,6-13H2,1-5H3,(H,26,32)(H,27,33)/t15-,17-,18-,24?/m0/s1. The molecule has 13 heteroatoms. The van der Waals surface area contributed by atoms with Crippen LogP contribution in [0, 0.1) is 0 Å². The second-order valence-electron chi connectivity index (χ2n) is 9.72. The molecule has 0 aromatic heterocycles. The van der Waals surface area contributed by atoms with Crippen LogP contribution in [0.1, 0.15) is 66.7 Å². The van der Waals surface area contributed by atoms with Crippen molar-refractivity contribution < 1.29 is 38.6 Å². The molecular formula is C24H39N5O8. The third-order valence-corrected chi connectivity index (χ3v) is 6.56. The number of nitrogens with one attached hydrogen (secondary N) is 3. The molecule has 2 fully saturated rings. The van der Waals surface area contributed by atoms with E-state index < -0.39 is 59.6 Å². The van der Waals surface area contributed by atoms with Crippen molar-refractivity contribution in [2.24, 2.45) is 0 Å². The average Bonchev–Trinajstić information content (AvgIpc) is 3.54. The fourth-order valence-corrected chi connectivity index (χ4v) is 4.40. The lowest BCUT2D eigenvalue weighted by Gasteiger charge is -2.33. The van der Waals surface area contributed by atoms with Crippen molar-refractivity contribution in [3.63, 3.8) is 0 Å². The minimum Gasteiger partial charge on any atom is -0.464 e. The summed E-state index contributed by atoms with van der Waals surface area (Å²) in [6, 6.07) is -2.68. The monoisotopic (exact) mass is 525 g/mol. The first-order chi connectivity index (χ1) is 17.3. The zero-order chi connectivity index (χ0) is 27.9. The highest BCUT2D eigenvalue weighted by Gasteiger charge is 2.46. The van der Waals surface area contributed by atoms with Gasteiger partial charge >= 0.3 is 5.97 Å². The largest absolute Gasteiger partial charge is 0.464 e. The van der Waals surface area contributed by atoms with Crippen LogP contribution < -0.4 is 16.1 Å². The van der Waals surface area contributed by atoms with Gasteiger partial charge in [0.15, 0.2) is 5.78 Å². The molecule has 0 saturated carbocycles. The van der Waals surface area contributed by atoms with Crippen LogP contribution in [0.5, 0.6) is 0 Å². The van der Waals surface area contributed by atoms with Gasteiger partial charge in [-0.3, -0.25) is 34.4 Å². The summed E-state index contributed by atoms with van der Waals surface area (Å²) in [5.41, 5.74) is -0.213. The molecule has 0 aromatic carbocycles. The lowest BCUT2D eigenvalue weighted by molar-refractivity contribution is -0.174. The molecule has 2 aliphatic rings. The molecule has 0 aliphatic carbocycles. The highest BCUT2D eigenvalue weighted by atomic mass is 16.5. The average molecular weight is 526 g/mol. The normalized spacial score (nSPS) is 21.6. The maximum atomic E-state index is 13.2. The molecule has 0 radical (unpaired) electrons. The predicted molar refractivity (Wildman–Crippen MR) is 130 cm³/mol. The van der Waals surface area contributed by atoms with E-state index >= 15 is 0 Å². The number of esters is 1. The number of carbonyl (C=O) groups excluding carboxylic acids is 6. The van der Waals surface area contributed by atoms with Crippen LogP contribution in [0.15, 0.2) is 0 Å². The minimum atomic E-state index is -2.69. The van der Waals surface area contributed by atoms with Gasteiger partial charge in [0, 0.05) is 12.6 Å².